The SMILES string of the molecule is CC(C)CCN1[C@H]2CCNc3ccccc3CN(C(=O)CCCc3ccncc3)C[C@@H]1CC2. The Morgan fingerprint density at radius 3 is 2.70 bits per heavy atom. The molecule has 2 bridgehead atoms. The Kier molecular flexibility index (Phi) is 8.38. The van der Waals surface area contributed by atoms with Crippen LogP contribution in [0.4, 0.5) is 5.69 Å². The fourth-order valence-electron chi connectivity index (χ4n) is 5.36. The molecule has 1 N–H and O–H groups in total. The van der Waals surface area contributed by atoms with E-state index in [1.165, 1.54) is 42.5 Å². The predicted octanol–water partition coefficient (Wildman–Crippen LogP) is 5.13. The lowest BCUT2D eigenvalue weighted by molar-refractivity contribution is -0.132. The Hall–Kier alpha value is -2.40. The molecule has 1 aromatic carbocycles. The summed E-state index contributed by atoms with van der Waals surface area (Å²) < 4.78 is 0. The molecule has 0 saturated carbocycles. The van der Waals surface area contributed by atoms with Crippen LogP contribution in [-0.2, 0) is 17.8 Å². The second-order valence-corrected chi connectivity index (χ2v) is 10.2. The first kappa shape index (κ1) is 23.7. The van der Waals surface area contributed by atoms with Gasteiger partial charge >= 0.3 is 0 Å². The lowest BCUT2D eigenvalue weighted by atomic mass is 10.1. The number of rotatable bonds is 7. The number of nitrogens with zero attached hydrogens (tertiary/aromatic N) is 3. The van der Waals surface area contributed by atoms with Crippen molar-refractivity contribution in [3.63, 3.8) is 0 Å². The summed E-state index contributed by atoms with van der Waals surface area (Å²) >= 11 is 0. The van der Waals surface area contributed by atoms with E-state index in [-0.39, 0.29) is 5.91 Å². The van der Waals surface area contributed by atoms with Crippen molar-refractivity contribution in [3.8, 4) is 0 Å². The highest BCUT2D eigenvalue weighted by atomic mass is 16.2. The standard InChI is InChI=1S/C28H40N4O/c1-22(2)15-19-32-25-10-11-26(32)21-31(20-24-7-3-4-8-27(24)30-18-14-25)28(33)9-5-6-23-12-16-29-17-13-23/h3-4,7-8,12-13,16-17,22,25-26,30H,5-6,9-11,14-15,18-21H2,1-2H3/t25-,26+/m1/s1. The molecule has 2 atom stereocenters. The summed E-state index contributed by atoms with van der Waals surface area (Å²) in [5.74, 6) is 0.987. The van der Waals surface area contributed by atoms with Crippen molar-refractivity contribution in [3.05, 3.63) is 59.9 Å². The van der Waals surface area contributed by atoms with E-state index in [1.807, 2.05) is 24.5 Å². The van der Waals surface area contributed by atoms with Crippen LogP contribution >= 0.6 is 0 Å². The average molecular weight is 449 g/mol. The van der Waals surface area contributed by atoms with Gasteiger partial charge in [-0.25, -0.2) is 0 Å². The third kappa shape index (κ3) is 6.57. The number of anilines is 1. The second kappa shape index (κ2) is 11.6. The molecule has 3 heterocycles. The molecular formula is C28H40N4O. The minimum absolute atomic E-state index is 0.283. The van der Waals surface area contributed by atoms with Gasteiger partial charge in [0.25, 0.3) is 0 Å². The fourth-order valence-corrected chi connectivity index (χ4v) is 5.36. The van der Waals surface area contributed by atoms with Gasteiger partial charge in [-0.2, -0.15) is 0 Å². The van der Waals surface area contributed by atoms with Gasteiger partial charge in [0.05, 0.1) is 0 Å². The van der Waals surface area contributed by atoms with Gasteiger partial charge in [0.1, 0.15) is 0 Å². The molecule has 2 aliphatic heterocycles. The molecule has 0 unspecified atom stereocenters. The number of benzene rings is 1. The zero-order valence-electron chi connectivity index (χ0n) is 20.4. The van der Waals surface area contributed by atoms with Crippen LogP contribution in [-0.4, -0.2) is 52.4 Å². The van der Waals surface area contributed by atoms with E-state index in [1.54, 1.807) is 0 Å². The molecule has 5 nitrogen and oxygen atoms in total. The van der Waals surface area contributed by atoms with E-state index in [0.29, 0.717) is 31.0 Å². The number of amides is 1. The van der Waals surface area contributed by atoms with Gasteiger partial charge in [0, 0.05) is 56.2 Å². The van der Waals surface area contributed by atoms with Crippen LogP contribution in [0, 0.1) is 5.92 Å². The minimum atomic E-state index is 0.283. The van der Waals surface area contributed by atoms with Crippen LogP contribution < -0.4 is 5.32 Å². The molecule has 1 fully saturated rings. The number of pyridine rings is 1. The van der Waals surface area contributed by atoms with Gasteiger partial charge in [-0.3, -0.25) is 14.7 Å². The van der Waals surface area contributed by atoms with Crippen molar-refractivity contribution < 1.29 is 4.79 Å². The maximum absolute atomic E-state index is 13.5. The highest BCUT2D eigenvalue weighted by Gasteiger charge is 2.35. The average Bonchev–Trinajstić information content (AvgIpc) is 3.18. The molecule has 4 rings (SSSR count). The topological polar surface area (TPSA) is 48.5 Å². The minimum Gasteiger partial charge on any atom is -0.385 e. The molecule has 0 spiro atoms. The molecule has 2 aliphatic rings. The molecular weight excluding hydrogens is 408 g/mol. The Morgan fingerprint density at radius 2 is 1.88 bits per heavy atom. The van der Waals surface area contributed by atoms with E-state index in [9.17, 15) is 4.79 Å². The van der Waals surface area contributed by atoms with Crippen molar-refractivity contribution in [2.24, 2.45) is 5.92 Å². The molecule has 1 saturated heterocycles. The summed E-state index contributed by atoms with van der Waals surface area (Å²) in [7, 11) is 0. The summed E-state index contributed by atoms with van der Waals surface area (Å²) in [6.07, 6.45) is 10.9. The van der Waals surface area contributed by atoms with E-state index >= 15 is 0 Å². The molecule has 1 aromatic heterocycles. The summed E-state index contributed by atoms with van der Waals surface area (Å²) in [5, 5.41) is 3.68. The summed E-state index contributed by atoms with van der Waals surface area (Å²) in [6.45, 7) is 8.29. The highest BCUT2D eigenvalue weighted by Crippen LogP contribution is 2.30. The Balaban J connectivity index is 1.49. The van der Waals surface area contributed by atoms with Crippen molar-refractivity contribution in [1.29, 1.82) is 0 Å². The number of nitrogens with one attached hydrogen (secondary N) is 1. The number of fused-ring (bicyclic) bond motifs is 3. The molecule has 1 amide bonds. The monoisotopic (exact) mass is 448 g/mol. The summed E-state index contributed by atoms with van der Waals surface area (Å²) in [4.78, 5) is 22.4. The Labute approximate surface area is 199 Å². The maximum Gasteiger partial charge on any atom is 0.222 e. The van der Waals surface area contributed by atoms with Crippen LogP contribution in [0.2, 0.25) is 0 Å². The smallest absolute Gasteiger partial charge is 0.222 e. The zero-order valence-corrected chi connectivity index (χ0v) is 20.4. The maximum atomic E-state index is 13.5. The molecule has 2 aromatic rings. The summed E-state index contributed by atoms with van der Waals surface area (Å²) in [6, 6.07) is 13.7. The van der Waals surface area contributed by atoms with Crippen LogP contribution in [0.25, 0.3) is 0 Å². The van der Waals surface area contributed by atoms with Crippen molar-refractivity contribution in [2.45, 2.75) is 77.4 Å². The first-order chi connectivity index (χ1) is 16.1. The molecule has 5 heteroatoms. The highest BCUT2D eigenvalue weighted by molar-refractivity contribution is 5.76. The number of carbonyl (C=O) groups is 1. The number of aromatic nitrogens is 1. The Morgan fingerprint density at radius 1 is 1.09 bits per heavy atom. The number of para-hydroxylation sites is 1. The molecule has 33 heavy (non-hydrogen) atoms. The largest absolute Gasteiger partial charge is 0.385 e. The van der Waals surface area contributed by atoms with Crippen molar-refractivity contribution in [1.82, 2.24) is 14.8 Å². The van der Waals surface area contributed by atoms with Crippen LogP contribution in [0.15, 0.2) is 48.8 Å². The first-order valence-corrected chi connectivity index (χ1v) is 12.8. The third-order valence-corrected chi connectivity index (χ3v) is 7.30. The predicted molar refractivity (Wildman–Crippen MR) is 135 cm³/mol. The van der Waals surface area contributed by atoms with Gasteiger partial charge in [0.2, 0.25) is 5.91 Å². The normalized spacial score (nSPS) is 21.4. The van der Waals surface area contributed by atoms with E-state index < -0.39 is 0 Å². The third-order valence-electron chi connectivity index (χ3n) is 7.30. The number of carbonyl (C=O) groups excluding carboxylic acids is 1. The van der Waals surface area contributed by atoms with Crippen molar-refractivity contribution >= 4 is 11.6 Å². The first-order valence-electron chi connectivity index (χ1n) is 12.8. The quantitative estimate of drug-likeness (QED) is 0.638. The van der Waals surface area contributed by atoms with Crippen LogP contribution in [0.1, 0.15) is 63.5 Å². The van der Waals surface area contributed by atoms with Gasteiger partial charge in [-0.05, 0) is 80.3 Å². The van der Waals surface area contributed by atoms with Crippen molar-refractivity contribution in [2.75, 3.05) is 25.0 Å². The van der Waals surface area contributed by atoms with Gasteiger partial charge < -0.3 is 10.2 Å². The fraction of sp³-hybridized carbons (Fsp3) is 0.571. The van der Waals surface area contributed by atoms with Gasteiger partial charge in [-0.1, -0.05) is 32.0 Å². The van der Waals surface area contributed by atoms with Gasteiger partial charge in [-0.15, -0.1) is 0 Å². The second-order valence-electron chi connectivity index (χ2n) is 10.2. The molecule has 0 radical (unpaired) electrons. The zero-order chi connectivity index (χ0) is 23.0. The summed E-state index contributed by atoms with van der Waals surface area (Å²) in [5.41, 5.74) is 3.66. The molecule has 178 valence electrons. The number of hydrogen-bond donors (Lipinski definition) is 1. The van der Waals surface area contributed by atoms with E-state index in [4.69, 9.17) is 0 Å². The number of hydrogen-bond acceptors (Lipinski definition) is 4. The van der Waals surface area contributed by atoms with Crippen LogP contribution in [0.3, 0.4) is 0 Å². The van der Waals surface area contributed by atoms with Gasteiger partial charge in [0.15, 0.2) is 0 Å². The lowest BCUT2D eigenvalue weighted by Gasteiger charge is -2.34. The number of aryl methyl sites for hydroxylation is 1. The van der Waals surface area contributed by atoms with E-state index in [0.717, 1.165) is 32.5 Å². The lowest BCUT2D eigenvalue weighted by Crippen LogP contribution is -2.45. The molecule has 0 aliphatic carbocycles. The van der Waals surface area contributed by atoms with E-state index in [2.05, 4.69) is 58.2 Å². The Bertz CT molecular complexity index is 884. The van der Waals surface area contributed by atoms with Crippen LogP contribution in [0.5, 0.6) is 0 Å².